The molecule has 0 aromatic carbocycles. The molecule has 3 atom stereocenters. The summed E-state index contributed by atoms with van der Waals surface area (Å²) in [5, 5.41) is 0. The average Bonchev–Trinajstić information content (AvgIpc) is 2.41. The smallest absolute Gasteiger partial charge is 0.0890 e. The van der Waals surface area contributed by atoms with E-state index in [1.807, 2.05) is 0 Å². The van der Waals surface area contributed by atoms with Crippen LogP contribution in [-0.4, -0.2) is 25.4 Å². The molecule has 0 saturated carbocycles. The van der Waals surface area contributed by atoms with Gasteiger partial charge in [0.15, 0.2) is 0 Å². The summed E-state index contributed by atoms with van der Waals surface area (Å²) in [5.74, 6) is 1.34. The van der Waals surface area contributed by atoms with Crippen molar-refractivity contribution in [2.45, 2.75) is 32.5 Å². The first-order chi connectivity index (χ1) is 5.29. The van der Waals surface area contributed by atoms with Crippen molar-refractivity contribution in [3.8, 4) is 0 Å². The van der Waals surface area contributed by atoms with Crippen LogP contribution in [-0.2, 0) is 9.47 Å². The fourth-order valence-electron chi connectivity index (χ4n) is 2.07. The maximum Gasteiger partial charge on any atom is 0.0890 e. The van der Waals surface area contributed by atoms with Crippen molar-refractivity contribution in [1.29, 1.82) is 0 Å². The number of rotatable bonds is 1. The minimum absolute atomic E-state index is 0.412. The summed E-state index contributed by atoms with van der Waals surface area (Å²) in [7, 11) is 0. The normalized spacial score (nSPS) is 43.4. The molecule has 2 aliphatic heterocycles. The Labute approximate surface area is 67.9 Å². The first kappa shape index (κ1) is 7.56. The number of hydrogen-bond acceptors (Lipinski definition) is 2. The molecule has 1 unspecified atom stereocenters. The molecule has 2 rings (SSSR count). The fraction of sp³-hybridized carbons (Fsp3) is 1.00. The predicted molar refractivity (Wildman–Crippen MR) is 42.4 cm³/mol. The molecule has 0 bridgehead atoms. The van der Waals surface area contributed by atoms with Gasteiger partial charge in [0.1, 0.15) is 0 Å². The van der Waals surface area contributed by atoms with Gasteiger partial charge in [-0.05, 0) is 12.3 Å². The lowest BCUT2D eigenvalue weighted by atomic mass is 9.91. The topological polar surface area (TPSA) is 18.5 Å². The SMILES string of the molecule is CC(C)C1CO[C@@H]2CCO[C@H]12. The van der Waals surface area contributed by atoms with Gasteiger partial charge < -0.3 is 9.47 Å². The summed E-state index contributed by atoms with van der Waals surface area (Å²) in [6, 6.07) is 0. The van der Waals surface area contributed by atoms with Crippen molar-refractivity contribution in [2.24, 2.45) is 11.8 Å². The molecule has 0 aliphatic carbocycles. The van der Waals surface area contributed by atoms with Gasteiger partial charge in [0, 0.05) is 12.5 Å². The molecule has 2 heteroatoms. The lowest BCUT2D eigenvalue weighted by molar-refractivity contribution is 0.0551. The summed E-state index contributed by atoms with van der Waals surface area (Å²) in [5.41, 5.74) is 0. The zero-order valence-electron chi connectivity index (χ0n) is 7.25. The molecule has 2 heterocycles. The molecule has 2 aliphatic rings. The average molecular weight is 156 g/mol. The molecule has 2 fully saturated rings. The third-order valence-electron chi connectivity index (χ3n) is 2.86. The second-order valence-electron chi connectivity index (χ2n) is 3.90. The van der Waals surface area contributed by atoms with E-state index in [4.69, 9.17) is 9.47 Å². The van der Waals surface area contributed by atoms with E-state index < -0.39 is 0 Å². The van der Waals surface area contributed by atoms with Crippen LogP contribution in [0.5, 0.6) is 0 Å². The molecule has 11 heavy (non-hydrogen) atoms. The van der Waals surface area contributed by atoms with E-state index in [9.17, 15) is 0 Å². The summed E-state index contributed by atoms with van der Waals surface area (Å²) in [4.78, 5) is 0. The fourth-order valence-corrected chi connectivity index (χ4v) is 2.07. The monoisotopic (exact) mass is 156 g/mol. The highest BCUT2D eigenvalue weighted by molar-refractivity contribution is 4.89. The van der Waals surface area contributed by atoms with E-state index in [0.29, 0.717) is 24.0 Å². The van der Waals surface area contributed by atoms with Crippen molar-refractivity contribution < 1.29 is 9.47 Å². The van der Waals surface area contributed by atoms with Gasteiger partial charge in [0.05, 0.1) is 18.8 Å². The minimum atomic E-state index is 0.412. The molecule has 0 amide bonds. The Hall–Kier alpha value is -0.0800. The number of fused-ring (bicyclic) bond motifs is 1. The van der Waals surface area contributed by atoms with Gasteiger partial charge >= 0.3 is 0 Å². The van der Waals surface area contributed by atoms with Crippen molar-refractivity contribution in [3.63, 3.8) is 0 Å². The van der Waals surface area contributed by atoms with Crippen LogP contribution < -0.4 is 0 Å². The van der Waals surface area contributed by atoms with Gasteiger partial charge in [-0.2, -0.15) is 0 Å². The van der Waals surface area contributed by atoms with Crippen LogP contribution in [0.1, 0.15) is 20.3 Å². The van der Waals surface area contributed by atoms with E-state index in [0.717, 1.165) is 19.6 Å². The summed E-state index contributed by atoms with van der Waals surface area (Å²) < 4.78 is 11.3. The van der Waals surface area contributed by atoms with E-state index >= 15 is 0 Å². The minimum Gasteiger partial charge on any atom is -0.375 e. The number of hydrogen-bond donors (Lipinski definition) is 0. The molecule has 0 aromatic heterocycles. The lowest BCUT2D eigenvalue weighted by Gasteiger charge is -2.18. The van der Waals surface area contributed by atoms with Crippen LogP contribution in [0.25, 0.3) is 0 Å². The highest BCUT2D eigenvalue weighted by Crippen LogP contribution is 2.34. The zero-order chi connectivity index (χ0) is 7.84. The van der Waals surface area contributed by atoms with E-state index in [-0.39, 0.29) is 0 Å². The molecule has 0 spiro atoms. The van der Waals surface area contributed by atoms with Crippen LogP contribution >= 0.6 is 0 Å². The van der Waals surface area contributed by atoms with Gasteiger partial charge in [-0.15, -0.1) is 0 Å². The molecule has 2 nitrogen and oxygen atoms in total. The van der Waals surface area contributed by atoms with Crippen LogP contribution in [0.4, 0.5) is 0 Å². The molecule has 0 aromatic rings. The Morgan fingerprint density at radius 3 is 2.82 bits per heavy atom. The van der Waals surface area contributed by atoms with Crippen LogP contribution in [0.3, 0.4) is 0 Å². The second kappa shape index (κ2) is 2.76. The van der Waals surface area contributed by atoms with Crippen LogP contribution in [0.2, 0.25) is 0 Å². The number of ether oxygens (including phenoxy) is 2. The zero-order valence-corrected chi connectivity index (χ0v) is 7.25. The Balaban J connectivity index is 2.03. The maximum atomic E-state index is 5.63. The van der Waals surface area contributed by atoms with E-state index in [1.165, 1.54) is 0 Å². The van der Waals surface area contributed by atoms with E-state index in [1.54, 1.807) is 0 Å². The van der Waals surface area contributed by atoms with Crippen molar-refractivity contribution in [1.82, 2.24) is 0 Å². The second-order valence-corrected chi connectivity index (χ2v) is 3.90. The first-order valence-corrected chi connectivity index (χ1v) is 4.52. The largest absolute Gasteiger partial charge is 0.375 e. The Morgan fingerprint density at radius 1 is 1.27 bits per heavy atom. The van der Waals surface area contributed by atoms with E-state index in [2.05, 4.69) is 13.8 Å². The third kappa shape index (κ3) is 1.18. The highest BCUT2D eigenvalue weighted by Gasteiger charge is 2.42. The standard InChI is InChI=1S/C9H16O2/c1-6(2)7-5-11-8-3-4-10-9(7)8/h6-9H,3-5H2,1-2H3/t7?,8-,9-/m1/s1. The molecular weight excluding hydrogens is 140 g/mol. The van der Waals surface area contributed by atoms with Gasteiger partial charge in [-0.25, -0.2) is 0 Å². The summed E-state index contributed by atoms with van der Waals surface area (Å²) in [6.07, 6.45) is 1.94. The van der Waals surface area contributed by atoms with Gasteiger partial charge in [-0.1, -0.05) is 13.8 Å². The first-order valence-electron chi connectivity index (χ1n) is 4.52. The molecule has 2 saturated heterocycles. The molecule has 64 valence electrons. The van der Waals surface area contributed by atoms with Crippen LogP contribution in [0, 0.1) is 11.8 Å². The Kier molecular flexibility index (Phi) is 1.90. The van der Waals surface area contributed by atoms with Crippen molar-refractivity contribution in [3.05, 3.63) is 0 Å². The molecule has 0 N–H and O–H groups in total. The van der Waals surface area contributed by atoms with Gasteiger partial charge in [0.2, 0.25) is 0 Å². The summed E-state index contributed by atoms with van der Waals surface area (Å²) >= 11 is 0. The maximum absolute atomic E-state index is 5.63. The van der Waals surface area contributed by atoms with Gasteiger partial charge in [0.25, 0.3) is 0 Å². The van der Waals surface area contributed by atoms with Crippen molar-refractivity contribution >= 4 is 0 Å². The molecular formula is C9H16O2. The van der Waals surface area contributed by atoms with Gasteiger partial charge in [-0.3, -0.25) is 0 Å². The quantitative estimate of drug-likeness (QED) is 0.572. The van der Waals surface area contributed by atoms with Crippen molar-refractivity contribution in [2.75, 3.05) is 13.2 Å². The highest BCUT2D eigenvalue weighted by atomic mass is 16.6. The Bertz CT molecular complexity index is 144. The third-order valence-corrected chi connectivity index (χ3v) is 2.86. The predicted octanol–water partition coefficient (Wildman–Crippen LogP) is 1.45. The lowest BCUT2D eigenvalue weighted by Crippen LogP contribution is -2.26. The summed E-state index contributed by atoms with van der Waals surface area (Å²) in [6.45, 7) is 6.31. The Morgan fingerprint density at radius 2 is 2.09 bits per heavy atom. The molecule has 0 radical (unpaired) electrons. The van der Waals surface area contributed by atoms with Crippen LogP contribution in [0.15, 0.2) is 0 Å².